The number of carbonyl (C=O) groups is 1. The quantitative estimate of drug-likeness (QED) is 0.267. The van der Waals surface area contributed by atoms with Crippen LogP contribution in [0.3, 0.4) is 0 Å². The van der Waals surface area contributed by atoms with Crippen molar-refractivity contribution in [1.82, 2.24) is 0 Å². The molecule has 0 unspecified atom stereocenters. The second-order valence-corrected chi connectivity index (χ2v) is 4.03. The fourth-order valence-corrected chi connectivity index (χ4v) is 1.42. The number of carbonyl (C=O) groups excluding carboxylic acids is 1. The van der Waals surface area contributed by atoms with E-state index in [1.807, 2.05) is 24.3 Å². The van der Waals surface area contributed by atoms with Gasteiger partial charge in [0.2, 0.25) is 0 Å². The summed E-state index contributed by atoms with van der Waals surface area (Å²) in [5.41, 5.74) is 10.3. The molecule has 1 aromatic carbocycles. The third-order valence-corrected chi connectivity index (χ3v) is 2.45. The monoisotopic (exact) mass is 245 g/mol. The SMILES string of the molecule is COC(=O)/C(=C/c1ccc(C(C)C)cc1)N=[N+]=[N-]. The van der Waals surface area contributed by atoms with Crippen LogP contribution in [0, 0.1) is 0 Å². The zero-order valence-electron chi connectivity index (χ0n) is 10.6. The lowest BCUT2D eigenvalue weighted by Crippen LogP contribution is -2.01. The Balaban J connectivity index is 3.05. The molecule has 0 saturated carbocycles. The van der Waals surface area contributed by atoms with Gasteiger partial charge in [0, 0.05) is 4.91 Å². The van der Waals surface area contributed by atoms with Gasteiger partial charge >= 0.3 is 5.97 Å². The van der Waals surface area contributed by atoms with Crippen LogP contribution in [-0.2, 0) is 9.53 Å². The second kappa shape index (κ2) is 6.47. The Hall–Kier alpha value is -2.26. The van der Waals surface area contributed by atoms with Crippen LogP contribution in [0.15, 0.2) is 35.1 Å². The van der Waals surface area contributed by atoms with Crippen molar-refractivity contribution in [2.24, 2.45) is 5.11 Å². The van der Waals surface area contributed by atoms with Gasteiger partial charge in [0.25, 0.3) is 0 Å². The van der Waals surface area contributed by atoms with Gasteiger partial charge in [-0.15, -0.1) is 0 Å². The Morgan fingerprint density at radius 1 is 1.39 bits per heavy atom. The first kappa shape index (κ1) is 13.8. The molecule has 0 saturated heterocycles. The van der Waals surface area contributed by atoms with Gasteiger partial charge in [-0.05, 0) is 28.7 Å². The molecule has 0 N–H and O–H groups in total. The van der Waals surface area contributed by atoms with Gasteiger partial charge in [-0.1, -0.05) is 43.2 Å². The van der Waals surface area contributed by atoms with E-state index in [2.05, 4.69) is 28.6 Å². The number of azide groups is 1. The van der Waals surface area contributed by atoms with E-state index in [-0.39, 0.29) is 5.70 Å². The van der Waals surface area contributed by atoms with Crippen LogP contribution in [-0.4, -0.2) is 13.1 Å². The highest BCUT2D eigenvalue weighted by atomic mass is 16.5. The third kappa shape index (κ3) is 3.64. The van der Waals surface area contributed by atoms with Crippen LogP contribution in [0.25, 0.3) is 16.5 Å². The van der Waals surface area contributed by atoms with Gasteiger partial charge < -0.3 is 4.74 Å². The lowest BCUT2D eigenvalue weighted by atomic mass is 10.0. The minimum atomic E-state index is -0.652. The van der Waals surface area contributed by atoms with E-state index in [0.29, 0.717) is 5.92 Å². The summed E-state index contributed by atoms with van der Waals surface area (Å²) in [6.45, 7) is 4.20. The molecule has 5 heteroatoms. The van der Waals surface area contributed by atoms with Gasteiger partial charge in [-0.25, -0.2) is 4.79 Å². The molecule has 0 atom stereocenters. The maximum Gasteiger partial charge on any atom is 0.340 e. The van der Waals surface area contributed by atoms with Gasteiger partial charge in [-0.2, -0.15) is 0 Å². The van der Waals surface area contributed by atoms with Crippen LogP contribution in [0.5, 0.6) is 0 Å². The van der Waals surface area contributed by atoms with Crippen molar-refractivity contribution < 1.29 is 9.53 Å². The zero-order valence-corrected chi connectivity index (χ0v) is 10.6. The lowest BCUT2D eigenvalue weighted by Gasteiger charge is -2.05. The molecule has 0 amide bonds. The predicted octanol–water partition coefficient (Wildman–Crippen LogP) is 3.63. The largest absolute Gasteiger partial charge is 0.466 e. The maximum atomic E-state index is 11.3. The van der Waals surface area contributed by atoms with Crippen LogP contribution in [0.2, 0.25) is 0 Å². The van der Waals surface area contributed by atoms with E-state index in [1.165, 1.54) is 18.7 Å². The Labute approximate surface area is 106 Å². The van der Waals surface area contributed by atoms with Crippen LogP contribution < -0.4 is 0 Å². The van der Waals surface area contributed by atoms with Crippen molar-refractivity contribution in [2.45, 2.75) is 19.8 Å². The maximum absolute atomic E-state index is 11.3. The topological polar surface area (TPSA) is 75.1 Å². The van der Waals surface area contributed by atoms with E-state index in [9.17, 15) is 4.79 Å². The van der Waals surface area contributed by atoms with Gasteiger partial charge in [0.1, 0.15) is 5.70 Å². The van der Waals surface area contributed by atoms with Gasteiger partial charge in [0.05, 0.1) is 7.11 Å². The summed E-state index contributed by atoms with van der Waals surface area (Å²) in [6.07, 6.45) is 1.50. The molecule has 0 aliphatic heterocycles. The molecular weight excluding hydrogens is 230 g/mol. The number of ether oxygens (including phenoxy) is 1. The summed E-state index contributed by atoms with van der Waals surface area (Å²) < 4.78 is 4.53. The summed E-state index contributed by atoms with van der Waals surface area (Å²) in [5, 5.41) is 3.31. The molecule has 0 heterocycles. The van der Waals surface area contributed by atoms with Crippen molar-refractivity contribution in [2.75, 3.05) is 7.11 Å². The summed E-state index contributed by atoms with van der Waals surface area (Å²) in [5.74, 6) is -0.207. The average molecular weight is 245 g/mol. The molecule has 0 bridgehead atoms. The normalized spacial score (nSPS) is 11.0. The Morgan fingerprint density at radius 3 is 2.44 bits per heavy atom. The number of nitrogens with zero attached hydrogens (tertiary/aromatic N) is 3. The van der Waals surface area contributed by atoms with E-state index in [0.717, 1.165) is 5.56 Å². The molecule has 0 aromatic heterocycles. The Bertz CT molecular complexity index is 497. The number of esters is 1. The molecule has 0 aliphatic rings. The molecule has 1 rings (SSSR count). The van der Waals surface area contributed by atoms with E-state index in [4.69, 9.17) is 5.53 Å². The minimum Gasteiger partial charge on any atom is -0.466 e. The summed E-state index contributed by atoms with van der Waals surface area (Å²) in [7, 11) is 1.24. The summed E-state index contributed by atoms with van der Waals surface area (Å²) in [6, 6.07) is 7.68. The molecule has 94 valence electrons. The minimum absolute atomic E-state index is 0.0581. The van der Waals surface area contributed by atoms with E-state index >= 15 is 0 Å². The molecule has 0 radical (unpaired) electrons. The lowest BCUT2D eigenvalue weighted by molar-refractivity contribution is -0.136. The smallest absolute Gasteiger partial charge is 0.340 e. The van der Waals surface area contributed by atoms with Crippen LogP contribution in [0.4, 0.5) is 0 Å². The highest BCUT2D eigenvalue weighted by Gasteiger charge is 2.07. The molecule has 0 spiro atoms. The van der Waals surface area contributed by atoms with Gasteiger partial charge in [-0.3, -0.25) is 0 Å². The van der Waals surface area contributed by atoms with Crippen molar-refractivity contribution in [3.05, 3.63) is 51.5 Å². The first-order valence-corrected chi connectivity index (χ1v) is 5.53. The molecular formula is C13H15N3O2. The summed E-state index contributed by atoms with van der Waals surface area (Å²) in [4.78, 5) is 13.9. The molecule has 1 aromatic rings. The van der Waals surface area contributed by atoms with Crippen molar-refractivity contribution in [3.8, 4) is 0 Å². The van der Waals surface area contributed by atoms with Crippen molar-refractivity contribution >= 4 is 12.0 Å². The fraction of sp³-hybridized carbons (Fsp3) is 0.308. The Morgan fingerprint density at radius 2 is 2.00 bits per heavy atom. The fourth-order valence-electron chi connectivity index (χ4n) is 1.42. The van der Waals surface area contributed by atoms with Crippen molar-refractivity contribution in [1.29, 1.82) is 0 Å². The van der Waals surface area contributed by atoms with Crippen molar-refractivity contribution in [3.63, 3.8) is 0 Å². The zero-order chi connectivity index (χ0) is 13.5. The number of hydrogen-bond acceptors (Lipinski definition) is 3. The highest BCUT2D eigenvalue weighted by Crippen LogP contribution is 2.16. The summed E-state index contributed by atoms with van der Waals surface area (Å²) >= 11 is 0. The number of rotatable bonds is 4. The molecule has 0 aliphatic carbocycles. The molecule has 18 heavy (non-hydrogen) atoms. The Kier molecular flexibility index (Phi) is 4.96. The highest BCUT2D eigenvalue weighted by molar-refractivity contribution is 5.93. The third-order valence-electron chi connectivity index (χ3n) is 2.45. The predicted molar refractivity (Wildman–Crippen MR) is 69.7 cm³/mol. The van der Waals surface area contributed by atoms with Gasteiger partial charge in [0.15, 0.2) is 0 Å². The number of methoxy groups -OCH3 is 1. The first-order valence-electron chi connectivity index (χ1n) is 5.53. The number of benzene rings is 1. The first-order chi connectivity index (χ1) is 8.58. The number of hydrogen-bond donors (Lipinski definition) is 0. The molecule has 0 fully saturated rings. The standard InChI is InChI=1S/C13H15N3O2/c1-9(2)11-6-4-10(5-7-11)8-12(15-16-14)13(17)18-3/h4-9H,1-3H3/b12-8-. The van der Waals surface area contributed by atoms with E-state index in [1.54, 1.807) is 0 Å². The second-order valence-electron chi connectivity index (χ2n) is 4.03. The van der Waals surface area contributed by atoms with E-state index < -0.39 is 5.97 Å². The van der Waals surface area contributed by atoms with Crippen LogP contribution in [0.1, 0.15) is 30.9 Å². The average Bonchev–Trinajstić information content (AvgIpc) is 2.38. The molecule has 5 nitrogen and oxygen atoms in total. The van der Waals surface area contributed by atoms with Crippen LogP contribution >= 0.6 is 0 Å².